The molecule has 2 amide bonds. The van der Waals surface area contributed by atoms with Gasteiger partial charge in [-0.25, -0.2) is 4.98 Å². The number of fused-ring (bicyclic) bond motifs is 1. The van der Waals surface area contributed by atoms with Crippen LogP contribution in [0.2, 0.25) is 0 Å². The van der Waals surface area contributed by atoms with Gasteiger partial charge in [0.2, 0.25) is 5.91 Å². The van der Waals surface area contributed by atoms with E-state index in [2.05, 4.69) is 31.5 Å². The summed E-state index contributed by atoms with van der Waals surface area (Å²) in [7, 11) is 0. The summed E-state index contributed by atoms with van der Waals surface area (Å²) in [5, 5.41) is 5.83. The number of carbonyl (C=O) groups excluding carboxylic acids is 2. The van der Waals surface area contributed by atoms with Crippen LogP contribution in [0.5, 0.6) is 0 Å². The van der Waals surface area contributed by atoms with Gasteiger partial charge in [-0.05, 0) is 55.0 Å². The average molecular weight is 477 g/mol. The van der Waals surface area contributed by atoms with Gasteiger partial charge in [-0.2, -0.15) is 0 Å². The van der Waals surface area contributed by atoms with Crippen molar-refractivity contribution in [2.24, 2.45) is 0 Å². The number of aryl methyl sites for hydroxylation is 1. The Balaban J connectivity index is 1.54. The molecule has 0 atom stereocenters. The van der Waals surface area contributed by atoms with Crippen LogP contribution in [-0.2, 0) is 17.9 Å². The molecule has 1 heterocycles. The summed E-state index contributed by atoms with van der Waals surface area (Å²) < 4.78 is 2.78. The van der Waals surface area contributed by atoms with Crippen LogP contribution in [0.25, 0.3) is 11.0 Å². The minimum Gasteiger partial charge on any atom is -0.345 e. The zero-order valence-electron chi connectivity index (χ0n) is 16.9. The molecule has 0 bridgehead atoms. The van der Waals surface area contributed by atoms with E-state index in [1.165, 1.54) is 0 Å². The Morgan fingerprint density at radius 1 is 0.968 bits per heavy atom. The highest BCUT2D eigenvalue weighted by atomic mass is 79.9. The van der Waals surface area contributed by atoms with Crippen LogP contribution in [0.4, 0.5) is 5.69 Å². The minimum absolute atomic E-state index is 0.0894. The van der Waals surface area contributed by atoms with E-state index in [1.807, 2.05) is 78.2 Å². The lowest BCUT2D eigenvalue weighted by atomic mass is 10.1. The highest BCUT2D eigenvalue weighted by Gasteiger charge is 2.15. The number of aromatic nitrogens is 2. The summed E-state index contributed by atoms with van der Waals surface area (Å²) >= 11 is 3.39. The van der Waals surface area contributed by atoms with E-state index in [0.717, 1.165) is 21.1 Å². The van der Waals surface area contributed by atoms with Gasteiger partial charge >= 0.3 is 0 Å². The van der Waals surface area contributed by atoms with E-state index in [4.69, 9.17) is 0 Å². The molecule has 6 nitrogen and oxygen atoms in total. The molecule has 0 aliphatic carbocycles. The van der Waals surface area contributed by atoms with Crippen molar-refractivity contribution >= 4 is 44.5 Å². The Bertz CT molecular complexity index is 1250. The molecule has 3 aromatic carbocycles. The number of benzene rings is 3. The largest absolute Gasteiger partial charge is 0.345 e. The van der Waals surface area contributed by atoms with E-state index in [-0.39, 0.29) is 24.9 Å². The predicted molar refractivity (Wildman–Crippen MR) is 125 cm³/mol. The van der Waals surface area contributed by atoms with Gasteiger partial charge in [-0.3, -0.25) is 9.59 Å². The third-order valence-corrected chi connectivity index (χ3v) is 5.49. The number of nitrogens with one attached hydrogen (secondary N) is 2. The van der Waals surface area contributed by atoms with Crippen LogP contribution in [0, 0.1) is 6.92 Å². The van der Waals surface area contributed by atoms with Gasteiger partial charge in [0, 0.05) is 15.7 Å². The second-order valence-corrected chi connectivity index (χ2v) is 8.07. The van der Waals surface area contributed by atoms with Crippen molar-refractivity contribution in [1.29, 1.82) is 0 Å². The second kappa shape index (κ2) is 9.14. The molecule has 156 valence electrons. The third kappa shape index (κ3) is 4.83. The molecular weight excluding hydrogens is 456 g/mol. The molecule has 31 heavy (non-hydrogen) atoms. The van der Waals surface area contributed by atoms with E-state index in [9.17, 15) is 9.59 Å². The Hall–Kier alpha value is -3.45. The smallest absolute Gasteiger partial charge is 0.251 e. The number of imidazole rings is 1. The molecule has 0 aliphatic rings. The van der Waals surface area contributed by atoms with E-state index >= 15 is 0 Å². The minimum atomic E-state index is -0.170. The normalized spacial score (nSPS) is 10.8. The molecule has 1 aromatic heterocycles. The van der Waals surface area contributed by atoms with Crippen molar-refractivity contribution in [2.45, 2.75) is 20.0 Å². The predicted octanol–water partition coefficient (Wildman–Crippen LogP) is 4.68. The number of carbonyl (C=O) groups is 2. The van der Waals surface area contributed by atoms with Crippen molar-refractivity contribution in [3.8, 4) is 0 Å². The lowest BCUT2D eigenvalue weighted by Gasteiger charge is -2.11. The van der Waals surface area contributed by atoms with Gasteiger partial charge in [0.25, 0.3) is 5.91 Å². The fraction of sp³-hybridized carbons (Fsp3) is 0.125. The monoisotopic (exact) mass is 476 g/mol. The lowest BCUT2D eigenvalue weighted by molar-refractivity contribution is -0.116. The number of para-hydroxylation sites is 2. The maximum absolute atomic E-state index is 12.7. The van der Waals surface area contributed by atoms with Crippen LogP contribution in [-0.4, -0.2) is 21.4 Å². The number of nitrogens with zero attached hydrogens (tertiary/aromatic N) is 2. The molecule has 2 N–H and O–H groups in total. The van der Waals surface area contributed by atoms with Crippen molar-refractivity contribution in [1.82, 2.24) is 14.9 Å². The van der Waals surface area contributed by atoms with E-state index < -0.39 is 0 Å². The van der Waals surface area contributed by atoms with Gasteiger partial charge < -0.3 is 15.2 Å². The lowest BCUT2D eigenvalue weighted by Crippen LogP contribution is -2.27. The fourth-order valence-electron chi connectivity index (χ4n) is 3.40. The standard InChI is InChI=1S/C24H21BrN4O2/c1-16-6-2-3-7-19(16)24(31)26-14-22-28-20-8-4-5-9-21(20)29(22)15-23(30)27-18-12-10-17(25)11-13-18/h2-13H,14-15H2,1H3,(H,26,31)(H,27,30). The van der Waals surface area contributed by atoms with Crippen molar-refractivity contribution < 1.29 is 9.59 Å². The summed E-state index contributed by atoms with van der Waals surface area (Å²) in [6, 6.07) is 22.4. The van der Waals surface area contributed by atoms with Gasteiger partial charge in [0.1, 0.15) is 12.4 Å². The summed E-state index contributed by atoms with van der Waals surface area (Å²) in [6.45, 7) is 2.20. The third-order valence-electron chi connectivity index (χ3n) is 4.96. The second-order valence-electron chi connectivity index (χ2n) is 7.16. The zero-order chi connectivity index (χ0) is 21.8. The molecule has 0 aliphatic heterocycles. The molecule has 0 radical (unpaired) electrons. The number of halogens is 1. The molecule has 0 saturated heterocycles. The molecule has 7 heteroatoms. The molecule has 0 unspecified atom stereocenters. The zero-order valence-corrected chi connectivity index (χ0v) is 18.5. The molecule has 0 spiro atoms. The SMILES string of the molecule is Cc1ccccc1C(=O)NCc1nc2ccccc2n1CC(=O)Nc1ccc(Br)cc1. The topological polar surface area (TPSA) is 76.0 Å². The summed E-state index contributed by atoms with van der Waals surface area (Å²) in [6.07, 6.45) is 0. The maximum atomic E-state index is 12.7. The van der Waals surface area contributed by atoms with Gasteiger partial charge in [-0.15, -0.1) is 0 Å². The molecule has 4 aromatic rings. The number of amides is 2. The Kier molecular flexibility index (Phi) is 6.13. The first-order valence-electron chi connectivity index (χ1n) is 9.84. The Labute approximate surface area is 188 Å². The molecular formula is C24H21BrN4O2. The van der Waals surface area contributed by atoms with Crippen molar-refractivity contribution in [3.05, 3.63) is 94.2 Å². The van der Waals surface area contributed by atoms with E-state index in [0.29, 0.717) is 17.1 Å². The quantitative estimate of drug-likeness (QED) is 0.424. The van der Waals surface area contributed by atoms with Gasteiger partial charge in [-0.1, -0.05) is 46.3 Å². The Morgan fingerprint density at radius 2 is 1.68 bits per heavy atom. The van der Waals surface area contributed by atoms with Crippen LogP contribution >= 0.6 is 15.9 Å². The first kappa shape index (κ1) is 20.8. The Morgan fingerprint density at radius 3 is 2.45 bits per heavy atom. The van der Waals surface area contributed by atoms with Gasteiger partial charge in [0.05, 0.1) is 17.6 Å². The highest BCUT2D eigenvalue weighted by Crippen LogP contribution is 2.18. The summed E-state index contributed by atoms with van der Waals surface area (Å²) in [4.78, 5) is 30.0. The number of hydrogen-bond donors (Lipinski definition) is 2. The molecule has 4 rings (SSSR count). The van der Waals surface area contributed by atoms with Crippen LogP contribution < -0.4 is 10.6 Å². The first-order valence-corrected chi connectivity index (χ1v) is 10.6. The molecule has 0 fully saturated rings. The van der Waals surface area contributed by atoms with Crippen molar-refractivity contribution in [3.63, 3.8) is 0 Å². The van der Waals surface area contributed by atoms with Crippen molar-refractivity contribution in [2.75, 3.05) is 5.32 Å². The van der Waals surface area contributed by atoms with Crippen LogP contribution in [0.1, 0.15) is 21.7 Å². The highest BCUT2D eigenvalue weighted by molar-refractivity contribution is 9.10. The maximum Gasteiger partial charge on any atom is 0.251 e. The average Bonchev–Trinajstić information content (AvgIpc) is 3.11. The van der Waals surface area contributed by atoms with Crippen LogP contribution in [0.15, 0.2) is 77.3 Å². The van der Waals surface area contributed by atoms with Gasteiger partial charge in [0.15, 0.2) is 0 Å². The fourth-order valence-corrected chi connectivity index (χ4v) is 3.66. The number of anilines is 1. The number of rotatable bonds is 6. The van der Waals surface area contributed by atoms with E-state index in [1.54, 1.807) is 6.07 Å². The first-order chi connectivity index (χ1) is 15.0. The number of hydrogen-bond acceptors (Lipinski definition) is 3. The van der Waals surface area contributed by atoms with Crippen LogP contribution in [0.3, 0.4) is 0 Å². The summed E-state index contributed by atoms with van der Waals surface area (Å²) in [5.74, 6) is 0.280. The molecule has 0 saturated carbocycles. The summed E-state index contributed by atoms with van der Waals surface area (Å²) in [5.41, 5.74) is 3.86.